The van der Waals surface area contributed by atoms with Gasteiger partial charge in [-0.1, -0.05) is 91.3 Å². The van der Waals surface area contributed by atoms with E-state index in [1.54, 1.807) is 5.48 Å². The lowest BCUT2D eigenvalue weighted by molar-refractivity contribution is -0.253. The van der Waals surface area contributed by atoms with Crippen molar-refractivity contribution in [1.82, 2.24) is 25.2 Å². The lowest BCUT2D eigenvalue weighted by atomic mass is 9.97. The monoisotopic (exact) mass is 761 g/mol. The van der Waals surface area contributed by atoms with Crippen molar-refractivity contribution in [3.8, 4) is 11.1 Å². The van der Waals surface area contributed by atoms with Gasteiger partial charge in [0.25, 0.3) is 0 Å². The number of imidazole rings is 1. The third-order valence-corrected chi connectivity index (χ3v) is 11.0. The molecule has 4 aromatic carbocycles. The van der Waals surface area contributed by atoms with E-state index in [-0.39, 0.29) is 42.9 Å². The van der Waals surface area contributed by atoms with Crippen LogP contribution in [0, 0.1) is 0 Å². The van der Waals surface area contributed by atoms with Crippen molar-refractivity contribution in [2.24, 2.45) is 0 Å². The number of nitrogens with zero attached hydrogens (tertiary/aromatic N) is 2. The van der Waals surface area contributed by atoms with E-state index in [1.165, 1.54) is 0 Å². The Morgan fingerprint density at radius 2 is 1.50 bits per heavy atom. The van der Waals surface area contributed by atoms with Crippen LogP contribution >= 0.6 is 0 Å². The number of aromatic amines is 1. The average molecular weight is 762 g/mol. The normalized spacial score (nSPS) is 19.2. The summed E-state index contributed by atoms with van der Waals surface area (Å²) in [6.45, 7) is 2.85. The van der Waals surface area contributed by atoms with Crippen molar-refractivity contribution in [3.05, 3.63) is 130 Å². The van der Waals surface area contributed by atoms with Gasteiger partial charge in [0.15, 0.2) is 6.29 Å². The zero-order valence-corrected chi connectivity index (χ0v) is 31.6. The number of aliphatic hydroxyl groups excluding tert-OH is 1. The summed E-state index contributed by atoms with van der Waals surface area (Å²) in [6, 6.07) is 32.2. The number of H-pyrrole nitrogens is 1. The van der Waals surface area contributed by atoms with E-state index in [2.05, 4.69) is 33.4 Å². The lowest BCUT2D eigenvalue weighted by Crippen LogP contribution is -2.43. The molecule has 2 aliphatic rings. The van der Waals surface area contributed by atoms with Crippen molar-refractivity contribution in [2.75, 3.05) is 19.6 Å². The molecule has 5 N–H and O–H groups in total. The van der Waals surface area contributed by atoms with Crippen LogP contribution in [0.15, 0.2) is 102 Å². The van der Waals surface area contributed by atoms with Gasteiger partial charge in [0.1, 0.15) is 0 Å². The molecular weight excluding hydrogens is 711 g/mol. The summed E-state index contributed by atoms with van der Waals surface area (Å²) in [5.41, 5.74) is 9.25. The molecule has 0 aliphatic carbocycles. The van der Waals surface area contributed by atoms with Crippen LogP contribution in [0.25, 0.3) is 22.2 Å². The number of amides is 2. The van der Waals surface area contributed by atoms with Crippen molar-refractivity contribution < 1.29 is 29.4 Å². The summed E-state index contributed by atoms with van der Waals surface area (Å²) in [7, 11) is 0. The lowest BCUT2D eigenvalue weighted by Gasteiger charge is -2.40. The highest BCUT2D eigenvalue weighted by Crippen LogP contribution is 2.39. The van der Waals surface area contributed by atoms with Crippen LogP contribution in [0.2, 0.25) is 0 Å². The predicted octanol–water partition coefficient (Wildman–Crippen LogP) is 6.44. The van der Waals surface area contributed by atoms with Gasteiger partial charge in [0.05, 0.1) is 29.8 Å². The maximum absolute atomic E-state index is 12.9. The number of benzene rings is 4. The fraction of sp³-hybridized carbons (Fsp3) is 0.386. The molecular formula is C44H51N5O7. The van der Waals surface area contributed by atoms with Crippen LogP contribution < -0.4 is 16.5 Å². The second-order valence-corrected chi connectivity index (χ2v) is 14.9. The van der Waals surface area contributed by atoms with Crippen LogP contribution in [0.1, 0.15) is 92.1 Å². The number of carbonyl (C=O) groups is 2. The van der Waals surface area contributed by atoms with Gasteiger partial charge >= 0.3 is 5.69 Å². The zero-order chi connectivity index (χ0) is 38.9. The Morgan fingerprint density at radius 3 is 2.25 bits per heavy atom. The Hall–Kier alpha value is -5.11. The number of ether oxygens (including phenoxy) is 2. The second kappa shape index (κ2) is 18.7. The Bertz CT molecular complexity index is 2120. The molecule has 0 bridgehead atoms. The maximum Gasteiger partial charge on any atom is 0.326 e. The van der Waals surface area contributed by atoms with Crippen LogP contribution in [0.5, 0.6) is 0 Å². The first-order valence-electron chi connectivity index (χ1n) is 19.7. The standard InChI is InChI=1S/C44H51N5O7/c50-29-30-14-16-32(17-15-30)40-26-36(28-48-24-22-35(23-25-48)49-39-11-7-6-10-38(39)46-44(49)53)55-43(56-40)33-20-18-31(19-21-33)37-9-5-4-8-34(37)27-45-41(51)12-2-1-3-13-42(52)47-54/h4-11,14-21,35-36,40,43,50,54H,1-3,12-13,22-29H2,(H,45,51)(H,46,53)(H,47,52)/t36-,40+,43+/m0/s1. The van der Waals surface area contributed by atoms with Crippen LogP contribution in [-0.4, -0.2) is 62.3 Å². The number of likely N-dealkylation sites (tertiary alicyclic amines) is 1. The molecule has 3 atom stereocenters. The van der Waals surface area contributed by atoms with Gasteiger partial charge in [-0.25, -0.2) is 10.3 Å². The molecule has 2 aliphatic heterocycles. The minimum absolute atomic E-state index is 0.0162. The predicted molar refractivity (Wildman–Crippen MR) is 212 cm³/mol. The van der Waals surface area contributed by atoms with Crippen LogP contribution in [-0.2, 0) is 32.2 Å². The Labute approximate surface area is 326 Å². The molecule has 3 heterocycles. The summed E-state index contributed by atoms with van der Waals surface area (Å²) in [5.74, 6) is -0.459. The smallest absolute Gasteiger partial charge is 0.326 e. The molecule has 12 nitrogen and oxygen atoms in total. The van der Waals surface area contributed by atoms with Gasteiger partial charge < -0.3 is 29.8 Å². The fourth-order valence-electron chi connectivity index (χ4n) is 7.98. The summed E-state index contributed by atoms with van der Waals surface area (Å²) in [5, 5.41) is 21.3. The molecule has 294 valence electrons. The maximum atomic E-state index is 12.9. The first-order chi connectivity index (χ1) is 27.4. The molecule has 2 fully saturated rings. The average Bonchev–Trinajstić information content (AvgIpc) is 3.58. The van der Waals surface area contributed by atoms with Crippen molar-refractivity contribution in [1.29, 1.82) is 0 Å². The van der Waals surface area contributed by atoms with Gasteiger partial charge in [-0.05, 0) is 65.6 Å². The number of unbranched alkanes of at least 4 members (excludes halogenated alkanes) is 2. The Kier molecular flexibility index (Phi) is 13.1. The van der Waals surface area contributed by atoms with Crippen LogP contribution in [0.3, 0.4) is 0 Å². The van der Waals surface area contributed by atoms with Crippen LogP contribution in [0.4, 0.5) is 0 Å². The third-order valence-electron chi connectivity index (χ3n) is 11.0. The van der Waals surface area contributed by atoms with E-state index < -0.39 is 12.2 Å². The number of rotatable bonds is 15. The fourth-order valence-corrected chi connectivity index (χ4v) is 7.98. The minimum Gasteiger partial charge on any atom is -0.392 e. The second-order valence-electron chi connectivity index (χ2n) is 14.9. The SMILES string of the molecule is O=C(CCCCCC(=O)NCc1ccccc1-c1ccc([C@@H]2O[C@H](CN3CCC(n4c(=O)[nH]c5ccccc54)CC3)C[C@H](c3ccc(CO)cc3)O2)cc1)NO. The van der Waals surface area contributed by atoms with E-state index >= 15 is 0 Å². The van der Waals surface area contributed by atoms with Crippen molar-refractivity contribution in [3.63, 3.8) is 0 Å². The van der Waals surface area contributed by atoms with E-state index in [4.69, 9.17) is 14.7 Å². The van der Waals surface area contributed by atoms with Gasteiger partial charge in [-0.2, -0.15) is 0 Å². The molecule has 12 heteroatoms. The number of hydrogen-bond acceptors (Lipinski definition) is 8. The highest BCUT2D eigenvalue weighted by Gasteiger charge is 2.34. The first-order valence-corrected chi connectivity index (χ1v) is 19.7. The summed E-state index contributed by atoms with van der Waals surface area (Å²) < 4.78 is 15.3. The highest BCUT2D eigenvalue weighted by molar-refractivity contribution is 5.77. The van der Waals surface area contributed by atoms with E-state index in [0.717, 1.165) is 83.3 Å². The third kappa shape index (κ3) is 9.63. The number of hydrogen-bond donors (Lipinski definition) is 5. The molecule has 1 aromatic heterocycles. The summed E-state index contributed by atoms with van der Waals surface area (Å²) in [6.07, 6.45) is 4.19. The van der Waals surface area contributed by atoms with E-state index in [0.29, 0.717) is 32.2 Å². The number of carbonyl (C=O) groups excluding carboxylic acids is 2. The summed E-state index contributed by atoms with van der Waals surface area (Å²) >= 11 is 0. The molecule has 0 spiro atoms. The van der Waals surface area contributed by atoms with Gasteiger partial charge in [0, 0.05) is 57.0 Å². The Morgan fingerprint density at radius 1 is 0.804 bits per heavy atom. The van der Waals surface area contributed by atoms with Gasteiger partial charge in [0.2, 0.25) is 11.8 Å². The van der Waals surface area contributed by atoms with Gasteiger partial charge in [-0.15, -0.1) is 0 Å². The van der Waals surface area contributed by atoms with E-state index in [1.807, 2.05) is 83.4 Å². The topological polar surface area (TPSA) is 158 Å². The summed E-state index contributed by atoms with van der Waals surface area (Å²) in [4.78, 5) is 42.1. The number of fused-ring (bicyclic) bond motifs is 1. The van der Waals surface area contributed by atoms with Crippen molar-refractivity contribution >= 4 is 22.8 Å². The number of hydroxylamine groups is 1. The van der Waals surface area contributed by atoms with Gasteiger partial charge in [-0.3, -0.25) is 19.4 Å². The number of nitrogens with one attached hydrogen (secondary N) is 3. The Balaban J connectivity index is 0.999. The molecule has 0 radical (unpaired) electrons. The number of aliphatic hydroxyl groups is 1. The molecule has 2 amide bonds. The molecule has 0 saturated carbocycles. The molecule has 2 saturated heterocycles. The quantitative estimate of drug-likeness (QED) is 0.0463. The molecule has 0 unspecified atom stereocenters. The number of piperidine rings is 1. The first kappa shape index (κ1) is 39.1. The molecule has 56 heavy (non-hydrogen) atoms. The molecule has 7 rings (SSSR count). The molecule has 5 aromatic rings. The minimum atomic E-state index is -0.583. The number of para-hydroxylation sites is 2. The largest absolute Gasteiger partial charge is 0.392 e. The zero-order valence-electron chi connectivity index (χ0n) is 31.6. The van der Waals surface area contributed by atoms with E-state index in [9.17, 15) is 19.5 Å². The van der Waals surface area contributed by atoms with Crippen molar-refractivity contribution in [2.45, 2.75) is 89.1 Å². The number of aromatic nitrogens is 2. The highest BCUT2D eigenvalue weighted by atomic mass is 16.7.